The fraction of sp³-hybridized carbons (Fsp3) is 0.435. The van der Waals surface area contributed by atoms with Gasteiger partial charge >= 0.3 is 5.97 Å². The van der Waals surface area contributed by atoms with E-state index in [0.29, 0.717) is 0 Å². The number of aromatic amines is 1. The van der Waals surface area contributed by atoms with E-state index in [1.165, 1.54) is 0 Å². The first-order valence-corrected chi connectivity index (χ1v) is 11.4. The van der Waals surface area contributed by atoms with Crippen LogP contribution in [0.3, 0.4) is 0 Å². The number of carboxylic acids is 1. The molecule has 2 rings (SSSR count). The molecule has 37 heavy (non-hydrogen) atoms. The van der Waals surface area contributed by atoms with E-state index in [1.54, 1.807) is 6.20 Å². The lowest BCUT2D eigenvalue weighted by molar-refractivity contribution is -0.146. The average molecular weight is 521 g/mol. The van der Waals surface area contributed by atoms with Gasteiger partial charge in [0.1, 0.15) is 12.1 Å². The third kappa shape index (κ3) is 7.99. The van der Waals surface area contributed by atoms with Crippen LogP contribution in [0.15, 0.2) is 30.5 Å². The second-order valence-corrected chi connectivity index (χ2v) is 8.69. The van der Waals surface area contributed by atoms with Crippen molar-refractivity contribution < 1.29 is 39.3 Å². The normalized spacial score (nSPS) is 16.0. The van der Waals surface area contributed by atoms with Crippen LogP contribution in [0.25, 0.3) is 10.9 Å². The van der Waals surface area contributed by atoms with Crippen molar-refractivity contribution in [2.45, 2.75) is 63.1 Å². The van der Waals surface area contributed by atoms with Crippen LogP contribution in [0, 0.1) is 0 Å². The Balaban J connectivity index is 2.12. The molecule has 11 N–H and O–H groups in total. The Labute approximate surface area is 211 Å². The van der Waals surface area contributed by atoms with E-state index in [2.05, 4.69) is 15.6 Å². The standard InChI is InChI=1S/C23H32N6O8/c1-10(30)18(22(35)29-19(11(2)31)23(36)37)28-21(34)16(8-17(25)32)27-20(33)14(24)7-12-9-26-15-6-4-3-5-13(12)15/h3-6,9-11,14,16,18-19,26,30-31H,7-8,24H2,1-2H3,(H2,25,32)(H,27,33)(H,28,34)(H,29,35)(H,36,37). The number of benzene rings is 1. The highest BCUT2D eigenvalue weighted by molar-refractivity contribution is 5.96. The van der Waals surface area contributed by atoms with Crippen LogP contribution in [-0.4, -0.2) is 86.3 Å². The summed E-state index contributed by atoms with van der Waals surface area (Å²) >= 11 is 0. The smallest absolute Gasteiger partial charge is 0.328 e. The zero-order valence-corrected chi connectivity index (χ0v) is 20.3. The van der Waals surface area contributed by atoms with Crippen molar-refractivity contribution in [2.24, 2.45) is 11.5 Å². The number of aromatic nitrogens is 1. The number of para-hydroxylation sites is 1. The number of hydrogen-bond acceptors (Lipinski definition) is 8. The number of amides is 4. The van der Waals surface area contributed by atoms with Crippen LogP contribution < -0.4 is 27.4 Å². The van der Waals surface area contributed by atoms with Gasteiger partial charge in [-0.25, -0.2) is 4.79 Å². The minimum Gasteiger partial charge on any atom is -0.480 e. The fourth-order valence-electron chi connectivity index (χ4n) is 3.61. The van der Waals surface area contributed by atoms with Gasteiger partial charge in [0.15, 0.2) is 6.04 Å². The van der Waals surface area contributed by atoms with E-state index in [1.807, 2.05) is 29.6 Å². The molecule has 0 radical (unpaired) electrons. The summed E-state index contributed by atoms with van der Waals surface area (Å²) in [5.41, 5.74) is 12.8. The predicted octanol–water partition coefficient (Wildman–Crippen LogP) is -2.79. The largest absolute Gasteiger partial charge is 0.480 e. The van der Waals surface area contributed by atoms with Crippen molar-refractivity contribution in [3.05, 3.63) is 36.0 Å². The van der Waals surface area contributed by atoms with Crippen LogP contribution in [0.1, 0.15) is 25.8 Å². The van der Waals surface area contributed by atoms with E-state index in [0.717, 1.165) is 30.3 Å². The summed E-state index contributed by atoms with van der Waals surface area (Å²) in [6, 6.07) is 1.33. The Morgan fingerprint density at radius 3 is 2.08 bits per heavy atom. The summed E-state index contributed by atoms with van der Waals surface area (Å²) in [4.78, 5) is 64.0. The number of nitrogens with two attached hydrogens (primary N) is 2. The minimum absolute atomic E-state index is 0.107. The van der Waals surface area contributed by atoms with Gasteiger partial charge in [0.05, 0.1) is 24.7 Å². The lowest BCUT2D eigenvalue weighted by Gasteiger charge is -2.26. The van der Waals surface area contributed by atoms with Crippen molar-refractivity contribution in [3.8, 4) is 0 Å². The zero-order chi connectivity index (χ0) is 27.9. The van der Waals surface area contributed by atoms with Gasteiger partial charge in [0.2, 0.25) is 23.6 Å². The highest BCUT2D eigenvalue weighted by atomic mass is 16.4. The highest BCUT2D eigenvalue weighted by Crippen LogP contribution is 2.18. The summed E-state index contributed by atoms with van der Waals surface area (Å²) in [6.07, 6.45) is -1.82. The molecule has 0 bridgehead atoms. The van der Waals surface area contributed by atoms with Crippen LogP contribution in [0.5, 0.6) is 0 Å². The molecule has 202 valence electrons. The first kappa shape index (κ1) is 29.2. The monoisotopic (exact) mass is 520 g/mol. The molecular weight excluding hydrogens is 488 g/mol. The first-order valence-electron chi connectivity index (χ1n) is 11.4. The molecule has 0 saturated heterocycles. The van der Waals surface area contributed by atoms with E-state index in [4.69, 9.17) is 16.6 Å². The molecule has 1 heterocycles. The Kier molecular flexibility index (Phi) is 10.1. The fourth-order valence-corrected chi connectivity index (χ4v) is 3.61. The molecule has 0 spiro atoms. The van der Waals surface area contributed by atoms with E-state index < -0.39 is 72.4 Å². The number of carboxylic acid groups (broad SMARTS) is 1. The van der Waals surface area contributed by atoms with Crippen molar-refractivity contribution in [3.63, 3.8) is 0 Å². The van der Waals surface area contributed by atoms with Crippen LogP contribution in [0.2, 0.25) is 0 Å². The molecule has 0 fully saturated rings. The molecule has 0 saturated carbocycles. The number of carbonyl (C=O) groups is 5. The maximum Gasteiger partial charge on any atom is 0.328 e. The minimum atomic E-state index is -1.71. The Bertz CT molecular complexity index is 1150. The second-order valence-electron chi connectivity index (χ2n) is 8.69. The molecule has 14 nitrogen and oxygen atoms in total. The second kappa shape index (κ2) is 12.8. The third-order valence-corrected chi connectivity index (χ3v) is 5.60. The van der Waals surface area contributed by atoms with Gasteiger partial charge in [0, 0.05) is 17.1 Å². The lowest BCUT2D eigenvalue weighted by atomic mass is 10.0. The molecular formula is C23H32N6O8. The molecule has 0 aliphatic rings. The zero-order valence-electron chi connectivity index (χ0n) is 20.3. The van der Waals surface area contributed by atoms with Crippen LogP contribution in [-0.2, 0) is 30.4 Å². The maximum absolute atomic E-state index is 12.9. The van der Waals surface area contributed by atoms with Gasteiger partial charge in [-0.1, -0.05) is 18.2 Å². The van der Waals surface area contributed by atoms with Crippen molar-refractivity contribution in [2.75, 3.05) is 0 Å². The van der Waals surface area contributed by atoms with Gasteiger partial charge in [-0.3, -0.25) is 19.2 Å². The summed E-state index contributed by atoms with van der Waals surface area (Å²) in [5.74, 6) is -5.41. The lowest BCUT2D eigenvalue weighted by Crippen LogP contribution is -2.61. The van der Waals surface area contributed by atoms with E-state index >= 15 is 0 Å². The number of H-pyrrole nitrogens is 1. The average Bonchev–Trinajstić information content (AvgIpc) is 3.21. The molecule has 6 unspecified atom stereocenters. The first-order chi connectivity index (χ1) is 17.3. The number of fused-ring (bicyclic) bond motifs is 1. The Morgan fingerprint density at radius 1 is 0.919 bits per heavy atom. The summed E-state index contributed by atoms with van der Waals surface area (Å²) < 4.78 is 0. The molecule has 2 aromatic rings. The Hall–Kier alpha value is -4.01. The number of rotatable bonds is 13. The number of carbonyl (C=O) groups excluding carboxylic acids is 4. The summed E-state index contributed by atoms with van der Waals surface area (Å²) in [7, 11) is 0. The van der Waals surface area contributed by atoms with Crippen molar-refractivity contribution >= 4 is 40.5 Å². The molecule has 4 amide bonds. The van der Waals surface area contributed by atoms with Gasteiger partial charge in [0.25, 0.3) is 0 Å². The maximum atomic E-state index is 12.9. The third-order valence-electron chi connectivity index (χ3n) is 5.60. The van der Waals surface area contributed by atoms with E-state index in [-0.39, 0.29) is 6.42 Å². The molecule has 14 heteroatoms. The number of aliphatic hydroxyl groups excluding tert-OH is 2. The molecule has 6 atom stereocenters. The van der Waals surface area contributed by atoms with Crippen LogP contribution >= 0.6 is 0 Å². The van der Waals surface area contributed by atoms with Crippen LogP contribution in [0.4, 0.5) is 0 Å². The molecule has 0 aliphatic heterocycles. The summed E-state index contributed by atoms with van der Waals surface area (Å²) in [5, 5.41) is 36.1. The highest BCUT2D eigenvalue weighted by Gasteiger charge is 2.34. The van der Waals surface area contributed by atoms with Gasteiger partial charge in [-0.15, -0.1) is 0 Å². The van der Waals surface area contributed by atoms with Gasteiger partial charge in [-0.05, 0) is 31.9 Å². The SMILES string of the molecule is CC(O)C(NC(=O)C(NC(=O)C(CC(N)=O)NC(=O)C(N)Cc1c[nH]c2ccccc12)C(C)O)C(=O)O. The van der Waals surface area contributed by atoms with E-state index in [9.17, 15) is 34.2 Å². The number of nitrogens with one attached hydrogen (secondary N) is 4. The number of aliphatic carboxylic acids is 1. The van der Waals surface area contributed by atoms with Crippen molar-refractivity contribution in [1.82, 2.24) is 20.9 Å². The molecule has 1 aromatic heterocycles. The summed E-state index contributed by atoms with van der Waals surface area (Å²) in [6.45, 7) is 2.29. The number of primary amides is 1. The van der Waals surface area contributed by atoms with Gasteiger partial charge in [-0.2, -0.15) is 0 Å². The topological polar surface area (TPSA) is 250 Å². The molecule has 1 aromatic carbocycles. The quantitative estimate of drug-likeness (QED) is 0.132. The Morgan fingerprint density at radius 2 is 1.51 bits per heavy atom. The van der Waals surface area contributed by atoms with Crippen molar-refractivity contribution in [1.29, 1.82) is 0 Å². The molecule has 0 aliphatic carbocycles. The van der Waals surface area contributed by atoms with Gasteiger partial charge < -0.3 is 47.7 Å². The predicted molar refractivity (Wildman–Crippen MR) is 131 cm³/mol. The number of hydrogen-bond donors (Lipinski definition) is 9. The number of aliphatic hydroxyl groups is 2.